The smallest absolute Gasteiger partial charge is 0.227 e. The molecule has 1 saturated heterocycles. The fraction of sp³-hybridized carbons (Fsp3) is 0.929. The van der Waals surface area contributed by atoms with E-state index in [0.717, 1.165) is 32.2 Å². The summed E-state index contributed by atoms with van der Waals surface area (Å²) < 4.78 is 0. The Balaban J connectivity index is 2.06. The Morgan fingerprint density at radius 3 is 2.72 bits per heavy atom. The summed E-state index contributed by atoms with van der Waals surface area (Å²) in [7, 11) is 0. The van der Waals surface area contributed by atoms with Crippen LogP contribution in [0.15, 0.2) is 0 Å². The van der Waals surface area contributed by atoms with Crippen LogP contribution < -0.4 is 5.73 Å². The van der Waals surface area contributed by atoms with Gasteiger partial charge in [-0.1, -0.05) is 13.8 Å². The molecule has 18 heavy (non-hydrogen) atoms. The van der Waals surface area contributed by atoms with Gasteiger partial charge in [0.05, 0.1) is 18.6 Å². The van der Waals surface area contributed by atoms with Crippen LogP contribution in [0.4, 0.5) is 0 Å². The molecule has 3 N–H and O–H groups in total. The van der Waals surface area contributed by atoms with Crippen molar-refractivity contribution in [3.8, 4) is 0 Å². The molecule has 4 nitrogen and oxygen atoms in total. The molecule has 1 amide bonds. The Morgan fingerprint density at radius 2 is 2.06 bits per heavy atom. The third-order valence-corrected chi connectivity index (χ3v) is 4.84. The number of nitrogens with zero attached hydrogens (tertiary/aromatic N) is 1. The summed E-state index contributed by atoms with van der Waals surface area (Å²) >= 11 is 0. The molecule has 0 aromatic heterocycles. The number of carbonyl (C=O) groups excluding carboxylic acids is 1. The highest BCUT2D eigenvalue weighted by atomic mass is 16.3. The molecule has 2 rings (SSSR count). The number of rotatable bonds is 2. The highest BCUT2D eigenvalue weighted by Gasteiger charge is 2.40. The van der Waals surface area contributed by atoms with E-state index < -0.39 is 0 Å². The first-order valence-corrected chi connectivity index (χ1v) is 7.21. The first kappa shape index (κ1) is 13.8. The molecular formula is C14H26N2O2. The number of hydrogen-bond donors (Lipinski definition) is 2. The van der Waals surface area contributed by atoms with Crippen molar-refractivity contribution in [3.63, 3.8) is 0 Å². The van der Waals surface area contributed by atoms with Crippen molar-refractivity contribution >= 4 is 5.91 Å². The lowest BCUT2D eigenvalue weighted by atomic mass is 9.78. The van der Waals surface area contributed by atoms with Crippen LogP contribution >= 0.6 is 0 Å². The van der Waals surface area contributed by atoms with Crippen LogP contribution in [-0.2, 0) is 4.79 Å². The summed E-state index contributed by atoms with van der Waals surface area (Å²) in [5.74, 6) is 1.13. The first-order chi connectivity index (χ1) is 8.54. The Kier molecular flexibility index (Phi) is 4.28. The van der Waals surface area contributed by atoms with Gasteiger partial charge in [0.1, 0.15) is 0 Å². The maximum atomic E-state index is 12.6. The molecule has 104 valence electrons. The summed E-state index contributed by atoms with van der Waals surface area (Å²) in [6.07, 6.45) is 3.98. The summed E-state index contributed by atoms with van der Waals surface area (Å²) in [6, 6.07) is 0.00545. The van der Waals surface area contributed by atoms with Crippen LogP contribution in [0.1, 0.15) is 39.5 Å². The Morgan fingerprint density at radius 1 is 1.33 bits per heavy atom. The molecule has 5 atom stereocenters. The van der Waals surface area contributed by atoms with Gasteiger partial charge in [-0.2, -0.15) is 0 Å². The highest BCUT2D eigenvalue weighted by Crippen LogP contribution is 2.32. The van der Waals surface area contributed by atoms with E-state index >= 15 is 0 Å². The van der Waals surface area contributed by atoms with Crippen molar-refractivity contribution in [2.45, 2.75) is 51.6 Å². The Labute approximate surface area is 110 Å². The summed E-state index contributed by atoms with van der Waals surface area (Å²) in [6.45, 7) is 5.16. The van der Waals surface area contributed by atoms with E-state index in [4.69, 9.17) is 5.73 Å². The lowest BCUT2D eigenvalue weighted by Crippen LogP contribution is -2.49. The van der Waals surface area contributed by atoms with Crippen molar-refractivity contribution in [2.24, 2.45) is 23.5 Å². The van der Waals surface area contributed by atoms with Crippen molar-refractivity contribution in [1.29, 1.82) is 0 Å². The molecule has 0 radical (unpaired) electrons. The number of aliphatic hydroxyl groups is 1. The van der Waals surface area contributed by atoms with Crippen LogP contribution in [0.3, 0.4) is 0 Å². The Hall–Kier alpha value is -0.610. The van der Waals surface area contributed by atoms with Crippen LogP contribution in [-0.4, -0.2) is 41.1 Å². The fourth-order valence-corrected chi connectivity index (χ4v) is 3.46. The van der Waals surface area contributed by atoms with Gasteiger partial charge < -0.3 is 15.7 Å². The summed E-state index contributed by atoms with van der Waals surface area (Å²) in [5.41, 5.74) is 6.12. The molecule has 1 heterocycles. The fourth-order valence-electron chi connectivity index (χ4n) is 3.46. The monoisotopic (exact) mass is 254 g/mol. The summed E-state index contributed by atoms with van der Waals surface area (Å²) in [5, 5.41) is 9.45. The van der Waals surface area contributed by atoms with E-state index in [0.29, 0.717) is 11.8 Å². The van der Waals surface area contributed by atoms with Gasteiger partial charge in [0.2, 0.25) is 5.91 Å². The van der Waals surface area contributed by atoms with Crippen molar-refractivity contribution < 1.29 is 9.90 Å². The zero-order valence-corrected chi connectivity index (χ0v) is 11.5. The molecule has 5 unspecified atom stereocenters. The van der Waals surface area contributed by atoms with Gasteiger partial charge in [0.25, 0.3) is 0 Å². The van der Waals surface area contributed by atoms with Crippen LogP contribution in [0.25, 0.3) is 0 Å². The molecule has 1 aliphatic carbocycles. The van der Waals surface area contributed by atoms with Gasteiger partial charge in [-0.15, -0.1) is 0 Å². The maximum absolute atomic E-state index is 12.6. The molecule has 0 spiro atoms. The highest BCUT2D eigenvalue weighted by molar-refractivity contribution is 5.80. The van der Waals surface area contributed by atoms with Crippen molar-refractivity contribution in [2.75, 3.05) is 13.2 Å². The van der Waals surface area contributed by atoms with E-state index in [-0.39, 0.29) is 30.5 Å². The van der Waals surface area contributed by atoms with Crippen LogP contribution in [0.2, 0.25) is 0 Å². The number of amides is 1. The molecule has 1 saturated carbocycles. The van der Waals surface area contributed by atoms with E-state index in [2.05, 4.69) is 13.8 Å². The van der Waals surface area contributed by atoms with Crippen LogP contribution in [0, 0.1) is 17.8 Å². The number of nitrogens with two attached hydrogens (primary N) is 1. The zero-order chi connectivity index (χ0) is 13.3. The minimum Gasteiger partial charge on any atom is -0.394 e. The second-order valence-corrected chi connectivity index (χ2v) is 6.24. The SMILES string of the molecule is CC1CCC(N)C(C(=O)N2CCC(C)C2CO)C1. The molecular weight excluding hydrogens is 228 g/mol. The number of hydrogen-bond acceptors (Lipinski definition) is 3. The summed E-state index contributed by atoms with van der Waals surface area (Å²) in [4.78, 5) is 14.5. The lowest BCUT2D eigenvalue weighted by molar-refractivity contribution is -0.139. The minimum atomic E-state index is -0.0342. The topological polar surface area (TPSA) is 66.6 Å². The quantitative estimate of drug-likeness (QED) is 0.772. The molecule has 2 fully saturated rings. The predicted octanol–water partition coefficient (Wildman–Crippen LogP) is 0.979. The normalized spacial score (nSPS) is 41.1. The third-order valence-electron chi connectivity index (χ3n) is 4.84. The number of carbonyl (C=O) groups is 1. The molecule has 2 aliphatic rings. The Bertz CT molecular complexity index is 304. The molecule has 4 heteroatoms. The molecule has 0 aromatic carbocycles. The zero-order valence-electron chi connectivity index (χ0n) is 11.5. The van der Waals surface area contributed by atoms with Gasteiger partial charge in [-0.25, -0.2) is 0 Å². The second kappa shape index (κ2) is 5.57. The molecule has 1 aliphatic heterocycles. The number of likely N-dealkylation sites (tertiary alicyclic amines) is 1. The predicted molar refractivity (Wildman–Crippen MR) is 70.8 cm³/mol. The van der Waals surface area contributed by atoms with Crippen molar-refractivity contribution in [1.82, 2.24) is 4.90 Å². The lowest BCUT2D eigenvalue weighted by Gasteiger charge is -2.36. The third kappa shape index (κ3) is 2.54. The average molecular weight is 254 g/mol. The minimum absolute atomic E-state index is 0.00179. The van der Waals surface area contributed by atoms with Gasteiger partial charge >= 0.3 is 0 Å². The average Bonchev–Trinajstić information content (AvgIpc) is 2.72. The van der Waals surface area contributed by atoms with E-state index in [1.54, 1.807) is 0 Å². The first-order valence-electron chi connectivity index (χ1n) is 7.21. The van der Waals surface area contributed by atoms with Crippen LogP contribution in [0.5, 0.6) is 0 Å². The standard InChI is InChI=1S/C14H26N2O2/c1-9-3-4-12(15)11(7-9)14(18)16-6-5-10(2)13(16)8-17/h9-13,17H,3-8,15H2,1-2H3. The molecule has 0 bridgehead atoms. The maximum Gasteiger partial charge on any atom is 0.227 e. The van der Waals surface area contributed by atoms with Gasteiger partial charge in [0.15, 0.2) is 0 Å². The van der Waals surface area contributed by atoms with E-state index in [1.807, 2.05) is 4.90 Å². The van der Waals surface area contributed by atoms with Gasteiger partial charge in [0, 0.05) is 12.6 Å². The largest absolute Gasteiger partial charge is 0.394 e. The van der Waals surface area contributed by atoms with Gasteiger partial charge in [-0.05, 0) is 37.5 Å². The molecule has 0 aromatic rings. The number of aliphatic hydroxyl groups excluding tert-OH is 1. The van der Waals surface area contributed by atoms with E-state index in [9.17, 15) is 9.90 Å². The second-order valence-electron chi connectivity index (χ2n) is 6.24. The van der Waals surface area contributed by atoms with Crippen molar-refractivity contribution in [3.05, 3.63) is 0 Å². The van der Waals surface area contributed by atoms with E-state index in [1.165, 1.54) is 0 Å². The van der Waals surface area contributed by atoms with Gasteiger partial charge in [-0.3, -0.25) is 4.79 Å².